The van der Waals surface area contributed by atoms with Crippen LogP contribution in [-0.4, -0.2) is 30.2 Å². The summed E-state index contributed by atoms with van der Waals surface area (Å²) in [5.74, 6) is -0.125. The van der Waals surface area contributed by atoms with Crippen molar-refractivity contribution in [2.24, 2.45) is 5.41 Å². The van der Waals surface area contributed by atoms with E-state index in [0.717, 1.165) is 6.42 Å². The van der Waals surface area contributed by atoms with E-state index >= 15 is 0 Å². The molecule has 6 nitrogen and oxygen atoms in total. The van der Waals surface area contributed by atoms with E-state index in [1.54, 1.807) is 12.1 Å². The third-order valence-electron chi connectivity index (χ3n) is 4.39. The van der Waals surface area contributed by atoms with E-state index < -0.39 is 15.4 Å². The number of carbonyl (C=O) groups excluding carboxylic acids is 1. The van der Waals surface area contributed by atoms with Crippen LogP contribution in [0.15, 0.2) is 34.5 Å². The van der Waals surface area contributed by atoms with Crippen molar-refractivity contribution in [2.45, 2.75) is 44.6 Å². The lowest BCUT2D eigenvalue weighted by atomic mass is 9.96. The molecule has 146 valence electrons. The van der Waals surface area contributed by atoms with Crippen molar-refractivity contribution in [3.63, 3.8) is 0 Å². The Hall–Kier alpha value is -1.48. The Kier molecular flexibility index (Phi) is 5.63. The summed E-state index contributed by atoms with van der Waals surface area (Å²) in [5, 5.41) is 5.60. The van der Waals surface area contributed by atoms with E-state index in [1.807, 2.05) is 26.2 Å². The second-order valence-corrected chi connectivity index (χ2v) is 10.7. The van der Waals surface area contributed by atoms with Crippen LogP contribution in [0.1, 0.15) is 45.3 Å². The Morgan fingerprint density at radius 1 is 1.30 bits per heavy atom. The molecule has 1 N–H and O–H groups in total. The number of halogens is 1. The Morgan fingerprint density at radius 3 is 2.59 bits per heavy atom. The van der Waals surface area contributed by atoms with E-state index in [-0.39, 0.29) is 16.8 Å². The van der Waals surface area contributed by atoms with Gasteiger partial charge in [-0.05, 0) is 37.1 Å². The lowest BCUT2D eigenvalue weighted by Crippen LogP contribution is -2.31. The predicted molar refractivity (Wildman–Crippen MR) is 108 cm³/mol. The number of nitrogens with one attached hydrogen (secondary N) is 1. The van der Waals surface area contributed by atoms with Crippen molar-refractivity contribution in [2.75, 3.05) is 11.9 Å². The number of carbonyl (C=O) groups is 1. The second kappa shape index (κ2) is 7.50. The SMILES string of the molecule is CC(C)(C)C(=O)Nc1nc([C@@H]2CCCN2S(=O)(=O)c2ccc(Cl)cc2)cs1. The molecule has 9 heteroatoms. The minimum absolute atomic E-state index is 0.125. The summed E-state index contributed by atoms with van der Waals surface area (Å²) in [5.41, 5.74) is 0.141. The van der Waals surface area contributed by atoms with Crippen molar-refractivity contribution < 1.29 is 13.2 Å². The monoisotopic (exact) mass is 427 g/mol. The van der Waals surface area contributed by atoms with E-state index in [4.69, 9.17) is 11.6 Å². The molecule has 1 amide bonds. The molecule has 1 aromatic heterocycles. The molecule has 1 saturated heterocycles. The van der Waals surface area contributed by atoms with E-state index in [9.17, 15) is 13.2 Å². The largest absolute Gasteiger partial charge is 0.302 e. The molecule has 2 heterocycles. The summed E-state index contributed by atoms with van der Waals surface area (Å²) >= 11 is 7.18. The van der Waals surface area contributed by atoms with Gasteiger partial charge in [-0.15, -0.1) is 11.3 Å². The lowest BCUT2D eigenvalue weighted by molar-refractivity contribution is -0.123. The first-order valence-electron chi connectivity index (χ1n) is 8.63. The molecule has 0 bridgehead atoms. The molecule has 0 radical (unpaired) electrons. The fourth-order valence-electron chi connectivity index (χ4n) is 2.85. The summed E-state index contributed by atoms with van der Waals surface area (Å²) in [7, 11) is -3.64. The molecule has 1 fully saturated rings. The number of anilines is 1. The van der Waals surface area contributed by atoms with E-state index in [0.29, 0.717) is 28.8 Å². The highest BCUT2D eigenvalue weighted by molar-refractivity contribution is 7.89. The number of amides is 1. The third kappa shape index (κ3) is 4.34. The zero-order chi connectivity index (χ0) is 19.8. The number of benzene rings is 1. The van der Waals surface area contributed by atoms with Crippen LogP contribution in [0, 0.1) is 5.41 Å². The molecule has 1 atom stereocenters. The van der Waals surface area contributed by atoms with Gasteiger partial charge in [-0.2, -0.15) is 4.31 Å². The van der Waals surface area contributed by atoms with Gasteiger partial charge in [0, 0.05) is 22.4 Å². The highest BCUT2D eigenvalue weighted by Gasteiger charge is 2.37. The summed E-state index contributed by atoms with van der Waals surface area (Å²) in [6.07, 6.45) is 1.46. The van der Waals surface area contributed by atoms with Crippen molar-refractivity contribution >= 4 is 44.0 Å². The van der Waals surface area contributed by atoms with Gasteiger partial charge in [0.15, 0.2) is 5.13 Å². The predicted octanol–water partition coefficient (Wildman–Crippen LogP) is 4.31. The van der Waals surface area contributed by atoms with Crippen molar-refractivity contribution in [1.82, 2.24) is 9.29 Å². The highest BCUT2D eigenvalue weighted by Crippen LogP contribution is 2.38. The standard InChI is InChI=1S/C18H22ClN3O3S2/c1-18(2,3)16(23)21-17-20-14(11-26-17)15-5-4-10-22(15)27(24,25)13-8-6-12(19)7-9-13/h6-9,11,15H,4-5,10H2,1-3H3,(H,20,21,23)/t15-/m0/s1. The van der Waals surface area contributed by atoms with Gasteiger partial charge in [-0.3, -0.25) is 4.79 Å². The molecule has 0 unspecified atom stereocenters. The first-order valence-corrected chi connectivity index (χ1v) is 11.3. The summed E-state index contributed by atoms with van der Waals surface area (Å²) in [4.78, 5) is 16.8. The fraction of sp³-hybridized carbons (Fsp3) is 0.444. The number of hydrogen-bond donors (Lipinski definition) is 1. The average molecular weight is 428 g/mol. The quantitative estimate of drug-likeness (QED) is 0.788. The third-order valence-corrected chi connectivity index (χ3v) is 7.34. The lowest BCUT2D eigenvalue weighted by Gasteiger charge is -2.23. The number of sulfonamides is 1. The van der Waals surface area contributed by atoms with Crippen molar-refractivity contribution in [3.05, 3.63) is 40.4 Å². The maximum absolute atomic E-state index is 13.0. The van der Waals surface area contributed by atoms with Gasteiger partial charge in [0.2, 0.25) is 15.9 Å². The molecule has 2 aromatic rings. The first kappa shape index (κ1) is 20.3. The van der Waals surface area contributed by atoms with Crippen LogP contribution in [0.2, 0.25) is 5.02 Å². The minimum Gasteiger partial charge on any atom is -0.302 e. The zero-order valence-electron chi connectivity index (χ0n) is 15.4. The van der Waals surface area contributed by atoms with Gasteiger partial charge in [-0.25, -0.2) is 13.4 Å². The molecule has 1 aromatic carbocycles. The number of nitrogens with zero attached hydrogens (tertiary/aromatic N) is 2. The second-order valence-electron chi connectivity index (χ2n) is 7.51. The molecule has 1 aliphatic heterocycles. The fourth-order valence-corrected chi connectivity index (χ4v) is 5.39. The van der Waals surface area contributed by atoms with Crippen LogP contribution in [-0.2, 0) is 14.8 Å². The van der Waals surface area contributed by atoms with Crippen molar-refractivity contribution in [3.8, 4) is 0 Å². The Balaban J connectivity index is 1.83. The van der Waals surface area contributed by atoms with Crippen LogP contribution in [0.25, 0.3) is 0 Å². The number of rotatable bonds is 4. The molecule has 1 aliphatic rings. The first-order chi connectivity index (χ1) is 12.6. The molecule has 0 aliphatic carbocycles. The van der Waals surface area contributed by atoms with Crippen molar-refractivity contribution in [1.29, 1.82) is 0 Å². The van der Waals surface area contributed by atoms with Gasteiger partial charge in [0.05, 0.1) is 16.6 Å². The van der Waals surface area contributed by atoms with E-state index in [1.165, 1.54) is 27.8 Å². The molecular weight excluding hydrogens is 406 g/mol. The summed E-state index contributed by atoms with van der Waals surface area (Å²) in [6.45, 7) is 5.92. The molecule has 0 spiro atoms. The van der Waals surface area contributed by atoms with E-state index in [2.05, 4.69) is 10.3 Å². The topological polar surface area (TPSA) is 79.4 Å². The van der Waals surface area contributed by atoms with Gasteiger partial charge in [0.25, 0.3) is 0 Å². The van der Waals surface area contributed by atoms with Gasteiger partial charge in [-0.1, -0.05) is 32.4 Å². The van der Waals surface area contributed by atoms with Crippen LogP contribution < -0.4 is 5.32 Å². The molecule has 3 rings (SSSR count). The molecule has 0 saturated carbocycles. The minimum atomic E-state index is -3.64. The van der Waals surface area contributed by atoms with Crippen LogP contribution >= 0.6 is 22.9 Å². The Bertz CT molecular complexity index is 934. The normalized spacial score (nSPS) is 18.6. The Labute approximate surface area is 168 Å². The molecular formula is C18H22ClN3O3S2. The van der Waals surface area contributed by atoms with Gasteiger partial charge < -0.3 is 5.32 Å². The maximum Gasteiger partial charge on any atom is 0.243 e. The van der Waals surface area contributed by atoms with Gasteiger partial charge in [0.1, 0.15) is 0 Å². The zero-order valence-corrected chi connectivity index (χ0v) is 17.8. The Morgan fingerprint density at radius 2 is 1.96 bits per heavy atom. The van der Waals surface area contributed by atoms with Gasteiger partial charge >= 0.3 is 0 Å². The van der Waals surface area contributed by atoms with Crippen LogP contribution in [0.3, 0.4) is 0 Å². The number of thiazole rings is 1. The van der Waals surface area contributed by atoms with Crippen LogP contribution in [0.5, 0.6) is 0 Å². The number of hydrogen-bond acceptors (Lipinski definition) is 5. The van der Waals surface area contributed by atoms with Crippen LogP contribution in [0.4, 0.5) is 5.13 Å². The number of aromatic nitrogens is 1. The maximum atomic E-state index is 13.0. The molecule has 27 heavy (non-hydrogen) atoms. The smallest absolute Gasteiger partial charge is 0.243 e. The summed E-state index contributed by atoms with van der Waals surface area (Å²) in [6, 6.07) is 5.85. The average Bonchev–Trinajstić information content (AvgIpc) is 3.23. The highest BCUT2D eigenvalue weighted by atomic mass is 35.5. The summed E-state index contributed by atoms with van der Waals surface area (Å²) < 4.78 is 27.6.